The number of nitrogens with one attached hydrogen (secondary N) is 1. The zero-order valence-corrected chi connectivity index (χ0v) is 13.4. The first-order valence-corrected chi connectivity index (χ1v) is 7.24. The molecular formula is C14H15BrClN3. The van der Waals surface area contributed by atoms with Crippen LogP contribution in [0.5, 0.6) is 0 Å². The first-order valence-electron chi connectivity index (χ1n) is 6.07. The summed E-state index contributed by atoms with van der Waals surface area (Å²) in [7, 11) is 1.88. The van der Waals surface area contributed by atoms with Crippen molar-refractivity contribution < 1.29 is 0 Å². The Morgan fingerprint density at radius 3 is 2.63 bits per heavy atom. The van der Waals surface area contributed by atoms with Crippen LogP contribution in [-0.2, 0) is 6.42 Å². The smallest absolute Gasteiger partial charge is 0.162 e. The summed E-state index contributed by atoms with van der Waals surface area (Å²) in [6.45, 7) is 4.11. The number of aryl methyl sites for hydroxylation is 1. The van der Waals surface area contributed by atoms with E-state index in [9.17, 15) is 0 Å². The number of nitrogens with zero attached hydrogens (tertiary/aromatic N) is 2. The molecule has 0 unspecified atom stereocenters. The minimum Gasteiger partial charge on any atom is -0.373 e. The van der Waals surface area contributed by atoms with E-state index in [4.69, 9.17) is 11.6 Å². The third kappa shape index (κ3) is 2.90. The molecule has 2 aromatic rings. The molecule has 0 aliphatic carbocycles. The maximum Gasteiger partial charge on any atom is 0.162 e. The van der Waals surface area contributed by atoms with E-state index in [1.54, 1.807) is 0 Å². The van der Waals surface area contributed by atoms with Crippen molar-refractivity contribution in [2.24, 2.45) is 0 Å². The van der Waals surface area contributed by atoms with Crippen molar-refractivity contribution in [1.29, 1.82) is 0 Å². The Morgan fingerprint density at radius 1 is 1.32 bits per heavy atom. The van der Waals surface area contributed by atoms with E-state index in [0.717, 1.165) is 33.5 Å². The molecule has 0 aliphatic heterocycles. The Kier molecular flexibility index (Phi) is 4.42. The van der Waals surface area contributed by atoms with Gasteiger partial charge in [-0.15, -0.1) is 0 Å². The molecule has 1 heterocycles. The van der Waals surface area contributed by atoms with Gasteiger partial charge in [-0.05, 0) is 47.5 Å². The van der Waals surface area contributed by atoms with Gasteiger partial charge in [0.1, 0.15) is 5.82 Å². The van der Waals surface area contributed by atoms with Crippen LogP contribution in [0.3, 0.4) is 0 Å². The third-order valence-electron chi connectivity index (χ3n) is 2.98. The molecule has 0 amide bonds. The number of halogens is 2. The molecule has 0 fully saturated rings. The van der Waals surface area contributed by atoms with Crippen LogP contribution in [0, 0.1) is 6.92 Å². The van der Waals surface area contributed by atoms with Gasteiger partial charge in [0.25, 0.3) is 0 Å². The van der Waals surface area contributed by atoms with Crippen LogP contribution in [0.25, 0.3) is 11.4 Å². The molecule has 0 radical (unpaired) electrons. The fraction of sp³-hybridized carbons (Fsp3) is 0.286. The van der Waals surface area contributed by atoms with Crippen LogP contribution >= 0.6 is 27.5 Å². The second kappa shape index (κ2) is 5.88. The molecular weight excluding hydrogens is 326 g/mol. The van der Waals surface area contributed by atoms with Gasteiger partial charge in [0, 0.05) is 33.4 Å². The van der Waals surface area contributed by atoms with Crippen molar-refractivity contribution >= 4 is 33.3 Å². The predicted molar refractivity (Wildman–Crippen MR) is 83.8 cm³/mol. The van der Waals surface area contributed by atoms with Crippen LogP contribution in [0.4, 0.5) is 5.82 Å². The van der Waals surface area contributed by atoms with Gasteiger partial charge in [-0.25, -0.2) is 9.97 Å². The molecule has 1 aromatic carbocycles. The number of rotatable bonds is 3. The van der Waals surface area contributed by atoms with Gasteiger partial charge < -0.3 is 5.32 Å². The lowest BCUT2D eigenvalue weighted by Crippen LogP contribution is -2.05. The summed E-state index contributed by atoms with van der Waals surface area (Å²) in [6.07, 6.45) is 0.907. The second-order valence-electron chi connectivity index (χ2n) is 4.19. The van der Waals surface area contributed by atoms with Crippen LogP contribution in [0.15, 0.2) is 22.7 Å². The minimum atomic E-state index is 0.686. The molecule has 0 spiro atoms. The summed E-state index contributed by atoms with van der Waals surface area (Å²) in [5, 5.41) is 3.82. The Bertz CT molecular complexity index is 614. The van der Waals surface area contributed by atoms with E-state index in [0.29, 0.717) is 10.8 Å². The molecule has 1 aromatic heterocycles. The normalized spacial score (nSPS) is 10.6. The van der Waals surface area contributed by atoms with Gasteiger partial charge in [0.15, 0.2) is 5.82 Å². The van der Waals surface area contributed by atoms with Crippen molar-refractivity contribution in [2.75, 3.05) is 12.4 Å². The zero-order valence-electron chi connectivity index (χ0n) is 11.1. The molecule has 3 nitrogen and oxygen atoms in total. The van der Waals surface area contributed by atoms with E-state index in [1.165, 1.54) is 0 Å². The van der Waals surface area contributed by atoms with Crippen LogP contribution in [-0.4, -0.2) is 17.0 Å². The molecule has 5 heteroatoms. The number of anilines is 1. The SMILES string of the molecule is CCc1c(C)nc(-c2ccc(Cl)cc2Br)nc1NC. The summed E-state index contributed by atoms with van der Waals surface area (Å²) in [5.74, 6) is 1.58. The van der Waals surface area contributed by atoms with E-state index in [-0.39, 0.29) is 0 Å². The van der Waals surface area contributed by atoms with Gasteiger partial charge in [-0.1, -0.05) is 18.5 Å². The van der Waals surface area contributed by atoms with Crippen LogP contribution in [0.1, 0.15) is 18.2 Å². The monoisotopic (exact) mass is 339 g/mol. The van der Waals surface area contributed by atoms with Crippen LogP contribution < -0.4 is 5.32 Å². The summed E-state index contributed by atoms with van der Waals surface area (Å²) < 4.78 is 0.894. The molecule has 0 saturated heterocycles. The molecule has 0 atom stereocenters. The molecule has 0 aliphatic rings. The maximum atomic E-state index is 5.96. The topological polar surface area (TPSA) is 37.8 Å². The van der Waals surface area contributed by atoms with Gasteiger partial charge >= 0.3 is 0 Å². The molecule has 100 valence electrons. The summed E-state index contributed by atoms with van der Waals surface area (Å²) in [6, 6.07) is 5.61. The van der Waals surface area contributed by atoms with Gasteiger partial charge in [0.2, 0.25) is 0 Å². The van der Waals surface area contributed by atoms with Crippen LogP contribution in [0.2, 0.25) is 5.02 Å². The summed E-state index contributed by atoms with van der Waals surface area (Å²) >= 11 is 9.46. The van der Waals surface area contributed by atoms with Gasteiger partial charge in [0.05, 0.1) is 0 Å². The highest BCUT2D eigenvalue weighted by Gasteiger charge is 2.12. The predicted octanol–water partition coefficient (Wildman–Crippen LogP) is 4.47. The van der Waals surface area contributed by atoms with Crippen molar-refractivity contribution in [1.82, 2.24) is 9.97 Å². The highest BCUT2D eigenvalue weighted by atomic mass is 79.9. The number of hydrogen-bond acceptors (Lipinski definition) is 3. The second-order valence-corrected chi connectivity index (χ2v) is 5.48. The average molecular weight is 341 g/mol. The summed E-state index contributed by atoms with van der Waals surface area (Å²) in [4.78, 5) is 9.18. The quantitative estimate of drug-likeness (QED) is 0.895. The largest absolute Gasteiger partial charge is 0.373 e. The molecule has 2 rings (SSSR count). The average Bonchev–Trinajstić information content (AvgIpc) is 2.37. The standard InChI is InChI=1S/C14H15BrClN3/c1-4-10-8(2)18-14(19-13(10)17-3)11-6-5-9(16)7-12(11)15/h5-7H,4H2,1-3H3,(H,17,18,19). The first kappa shape index (κ1) is 14.3. The Balaban J connectivity index is 2.60. The molecule has 0 bridgehead atoms. The molecule has 0 saturated carbocycles. The fourth-order valence-corrected chi connectivity index (χ4v) is 2.88. The lowest BCUT2D eigenvalue weighted by molar-refractivity contribution is 1.00. The highest BCUT2D eigenvalue weighted by molar-refractivity contribution is 9.10. The maximum absolute atomic E-state index is 5.96. The lowest BCUT2D eigenvalue weighted by atomic mass is 10.1. The van der Waals surface area contributed by atoms with Crippen molar-refractivity contribution in [3.63, 3.8) is 0 Å². The van der Waals surface area contributed by atoms with Gasteiger partial charge in [-0.2, -0.15) is 0 Å². The Morgan fingerprint density at radius 2 is 2.05 bits per heavy atom. The molecule has 19 heavy (non-hydrogen) atoms. The van der Waals surface area contributed by atoms with E-state index < -0.39 is 0 Å². The van der Waals surface area contributed by atoms with E-state index in [2.05, 4.69) is 38.1 Å². The number of hydrogen-bond donors (Lipinski definition) is 1. The number of aromatic nitrogens is 2. The highest BCUT2D eigenvalue weighted by Crippen LogP contribution is 2.30. The zero-order chi connectivity index (χ0) is 14.0. The van der Waals surface area contributed by atoms with Crippen molar-refractivity contribution in [3.8, 4) is 11.4 Å². The Hall–Kier alpha value is -1.13. The first-order chi connectivity index (χ1) is 9.06. The number of benzene rings is 1. The van der Waals surface area contributed by atoms with E-state index >= 15 is 0 Å². The minimum absolute atomic E-state index is 0.686. The Labute approximate surface area is 126 Å². The van der Waals surface area contributed by atoms with E-state index in [1.807, 2.05) is 32.2 Å². The van der Waals surface area contributed by atoms with Gasteiger partial charge in [-0.3, -0.25) is 0 Å². The summed E-state index contributed by atoms with van der Waals surface area (Å²) in [5.41, 5.74) is 3.08. The molecule has 1 N–H and O–H groups in total. The van der Waals surface area contributed by atoms with Crippen molar-refractivity contribution in [2.45, 2.75) is 20.3 Å². The fourth-order valence-electron chi connectivity index (χ4n) is 2.02. The lowest BCUT2D eigenvalue weighted by Gasteiger charge is -2.12. The third-order valence-corrected chi connectivity index (χ3v) is 3.87. The van der Waals surface area contributed by atoms with Crippen molar-refractivity contribution in [3.05, 3.63) is 39.0 Å².